The fourth-order valence-electron chi connectivity index (χ4n) is 2.70. The maximum absolute atomic E-state index is 12.2. The van der Waals surface area contributed by atoms with Crippen LogP contribution >= 0.6 is 0 Å². The smallest absolute Gasteiger partial charge is 0.272 e. The predicted molar refractivity (Wildman–Crippen MR) is 87.1 cm³/mol. The van der Waals surface area contributed by atoms with E-state index in [2.05, 4.69) is 5.32 Å². The monoisotopic (exact) mass is 290 g/mol. The summed E-state index contributed by atoms with van der Waals surface area (Å²) in [6, 6.07) is 17.3. The van der Waals surface area contributed by atoms with Crippen molar-refractivity contribution in [2.45, 2.75) is 0 Å². The number of carbonyl (C=O) groups is 1. The molecule has 0 spiro atoms. The fraction of sp³-hybridized carbons (Fsp3) is 0.0556. The SMILES string of the molecule is Cn1cccc1C(=O)Nc1ccc2c(c1)oc1ccccc12. The van der Waals surface area contributed by atoms with E-state index in [0.717, 1.165) is 27.6 Å². The number of hydrogen-bond donors (Lipinski definition) is 1. The Morgan fingerprint density at radius 1 is 1.00 bits per heavy atom. The molecule has 2 heterocycles. The molecule has 1 amide bonds. The molecule has 0 radical (unpaired) electrons. The first kappa shape index (κ1) is 12.7. The van der Waals surface area contributed by atoms with E-state index in [1.54, 1.807) is 10.6 Å². The summed E-state index contributed by atoms with van der Waals surface area (Å²) in [5.74, 6) is -0.136. The van der Waals surface area contributed by atoms with Crippen LogP contribution in [0.4, 0.5) is 5.69 Å². The van der Waals surface area contributed by atoms with Crippen LogP contribution in [0.2, 0.25) is 0 Å². The molecule has 0 aliphatic carbocycles. The molecule has 0 aliphatic rings. The van der Waals surface area contributed by atoms with Gasteiger partial charge in [-0.2, -0.15) is 0 Å². The van der Waals surface area contributed by atoms with E-state index < -0.39 is 0 Å². The maximum Gasteiger partial charge on any atom is 0.272 e. The Kier molecular flexibility index (Phi) is 2.76. The van der Waals surface area contributed by atoms with Crippen molar-refractivity contribution in [2.24, 2.45) is 7.05 Å². The quantitative estimate of drug-likeness (QED) is 0.602. The molecule has 0 saturated heterocycles. The van der Waals surface area contributed by atoms with Crippen molar-refractivity contribution in [3.8, 4) is 0 Å². The molecule has 0 fully saturated rings. The largest absolute Gasteiger partial charge is 0.456 e. The van der Waals surface area contributed by atoms with Gasteiger partial charge in [0.1, 0.15) is 16.9 Å². The van der Waals surface area contributed by atoms with Gasteiger partial charge in [-0.1, -0.05) is 18.2 Å². The fourth-order valence-corrected chi connectivity index (χ4v) is 2.70. The predicted octanol–water partition coefficient (Wildman–Crippen LogP) is 4.18. The second-order valence-corrected chi connectivity index (χ2v) is 5.27. The lowest BCUT2D eigenvalue weighted by molar-refractivity contribution is 0.101. The lowest BCUT2D eigenvalue weighted by Gasteiger charge is -2.06. The minimum Gasteiger partial charge on any atom is -0.456 e. The molecule has 22 heavy (non-hydrogen) atoms. The Balaban J connectivity index is 1.72. The van der Waals surface area contributed by atoms with Gasteiger partial charge in [-0.3, -0.25) is 4.79 Å². The van der Waals surface area contributed by atoms with Crippen LogP contribution in [0.5, 0.6) is 0 Å². The van der Waals surface area contributed by atoms with Gasteiger partial charge in [0.2, 0.25) is 0 Å². The number of furan rings is 1. The number of aryl methyl sites for hydroxylation is 1. The molecule has 4 aromatic rings. The molecule has 0 aliphatic heterocycles. The van der Waals surface area contributed by atoms with Crippen LogP contribution in [0, 0.1) is 0 Å². The van der Waals surface area contributed by atoms with Crippen molar-refractivity contribution < 1.29 is 9.21 Å². The second-order valence-electron chi connectivity index (χ2n) is 5.27. The van der Waals surface area contributed by atoms with E-state index in [4.69, 9.17) is 4.42 Å². The average Bonchev–Trinajstić information content (AvgIpc) is 3.10. The van der Waals surface area contributed by atoms with E-state index in [1.165, 1.54) is 0 Å². The number of carbonyl (C=O) groups excluding carboxylic acids is 1. The molecule has 108 valence electrons. The number of para-hydroxylation sites is 1. The first-order valence-corrected chi connectivity index (χ1v) is 7.06. The standard InChI is InChI=1S/C18H14N2O2/c1-20-10-4-6-15(20)18(21)19-12-8-9-14-13-5-2-3-7-16(13)22-17(14)11-12/h2-11H,1H3,(H,19,21). The molecule has 2 aromatic carbocycles. The second kappa shape index (κ2) is 4.77. The molecule has 1 N–H and O–H groups in total. The van der Waals surface area contributed by atoms with Gasteiger partial charge in [-0.25, -0.2) is 0 Å². The van der Waals surface area contributed by atoms with Gasteiger partial charge in [0.05, 0.1) is 0 Å². The summed E-state index contributed by atoms with van der Waals surface area (Å²) in [5.41, 5.74) is 2.96. The Morgan fingerprint density at radius 3 is 2.64 bits per heavy atom. The summed E-state index contributed by atoms with van der Waals surface area (Å²) < 4.78 is 7.62. The number of hydrogen-bond acceptors (Lipinski definition) is 2. The number of anilines is 1. The summed E-state index contributed by atoms with van der Waals surface area (Å²) in [6.07, 6.45) is 1.84. The van der Waals surface area contributed by atoms with Crippen molar-refractivity contribution in [3.63, 3.8) is 0 Å². The highest BCUT2D eigenvalue weighted by Gasteiger charge is 2.11. The zero-order valence-corrected chi connectivity index (χ0v) is 12.0. The first-order chi connectivity index (χ1) is 10.7. The third-order valence-corrected chi connectivity index (χ3v) is 3.81. The molecule has 4 heteroatoms. The highest BCUT2D eigenvalue weighted by atomic mass is 16.3. The minimum absolute atomic E-state index is 0.136. The molecule has 0 atom stereocenters. The molecular formula is C18H14N2O2. The Bertz CT molecular complexity index is 995. The number of benzene rings is 2. The molecule has 0 bridgehead atoms. The summed E-state index contributed by atoms with van der Waals surface area (Å²) in [6.45, 7) is 0. The van der Waals surface area contributed by atoms with Crippen LogP contribution in [0.15, 0.2) is 65.2 Å². The maximum atomic E-state index is 12.2. The average molecular weight is 290 g/mol. The molecule has 4 rings (SSSR count). The first-order valence-electron chi connectivity index (χ1n) is 7.06. The lowest BCUT2D eigenvalue weighted by Crippen LogP contribution is -2.15. The van der Waals surface area contributed by atoms with Crippen LogP contribution < -0.4 is 5.32 Å². The summed E-state index contributed by atoms with van der Waals surface area (Å²) in [5, 5.41) is 5.03. The van der Waals surface area contributed by atoms with Crippen molar-refractivity contribution in [3.05, 3.63) is 66.5 Å². The van der Waals surface area contributed by atoms with Crippen molar-refractivity contribution in [2.75, 3.05) is 5.32 Å². The van der Waals surface area contributed by atoms with E-state index in [0.29, 0.717) is 5.69 Å². The van der Waals surface area contributed by atoms with Crippen LogP contribution in [0.25, 0.3) is 21.9 Å². The lowest BCUT2D eigenvalue weighted by atomic mass is 10.1. The van der Waals surface area contributed by atoms with Crippen molar-refractivity contribution in [1.29, 1.82) is 0 Å². The van der Waals surface area contributed by atoms with Gasteiger partial charge in [0, 0.05) is 35.8 Å². The number of nitrogens with zero attached hydrogens (tertiary/aromatic N) is 1. The number of fused-ring (bicyclic) bond motifs is 3. The summed E-state index contributed by atoms with van der Waals surface area (Å²) in [4.78, 5) is 12.2. The highest BCUT2D eigenvalue weighted by Crippen LogP contribution is 2.30. The van der Waals surface area contributed by atoms with Gasteiger partial charge in [0.15, 0.2) is 0 Å². The molecule has 2 aromatic heterocycles. The molecule has 0 unspecified atom stereocenters. The van der Waals surface area contributed by atoms with Gasteiger partial charge in [0.25, 0.3) is 5.91 Å². The summed E-state index contributed by atoms with van der Waals surface area (Å²) in [7, 11) is 1.84. The van der Waals surface area contributed by atoms with Crippen LogP contribution in [0.1, 0.15) is 10.5 Å². The van der Waals surface area contributed by atoms with Crippen molar-refractivity contribution in [1.82, 2.24) is 4.57 Å². The zero-order chi connectivity index (χ0) is 15.1. The molecule has 0 saturated carbocycles. The third-order valence-electron chi connectivity index (χ3n) is 3.81. The highest BCUT2D eigenvalue weighted by molar-refractivity contribution is 6.08. The molecule has 4 nitrogen and oxygen atoms in total. The minimum atomic E-state index is -0.136. The van der Waals surface area contributed by atoms with E-state index in [1.807, 2.05) is 61.8 Å². The number of nitrogens with one attached hydrogen (secondary N) is 1. The van der Waals surface area contributed by atoms with Crippen LogP contribution in [-0.4, -0.2) is 10.5 Å². The topological polar surface area (TPSA) is 47.2 Å². The Labute approximate surface area is 127 Å². The van der Waals surface area contributed by atoms with Gasteiger partial charge in [-0.15, -0.1) is 0 Å². The Hall–Kier alpha value is -3.01. The molecular weight excluding hydrogens is 276 g/mol. The number of aromatic nitrogens is 1. The van der Waals surface area contributed by atoms with Gasteiger partial charge < -0.3 is 14.3 Å². The van der Waals surface area contributed by atoms with E-state index >= 15 is 0 Å². The normalized spacial score (nSPS) is 11.1. The van der Waals surface area contributed by atoms with Crippen molar-refractivity contribution >= 4 is 33.5 Å². The van der Waals surface area contributed by atoms with Crippen LogP contribution in [-0.2, 0) is 7.05 Å². The number of amides is 1. The van der Waals surface area contributed by atoms with E-state index in [-0.39, 0.29) is 5.91 Å². The van der Waals surface area contributed by atoms with Crippen LogP contribution in [0.3, 0.4) is 0 Å². The summed E-state index contributed by atoms with van der Waals surface area (Å²) >= 11 is 0. The van der Waals surface area contributed by atoms with Gasteiger partial charge in [-0.05, 0) is 30.3 Å². The van der Waals surface area contributed by atoms with E-state index in [9.17, 15) is 4.79 Å². The number of rotatable bonds is 2. The Morgan fingerprint density at radius 2 is 1.82 bits per heavy atom. The third kappa shape index (κ3) is 1.97. The zero-order valence-electron chi connectivity index (χ0n) is 12.0. The van der Waals surface area contributed by atoms with Gasteiger partial charge >= 0.3 is 0 Å².